The zero-order valence-corrected chi connectivity index (χ0v) is 7.55. The maximum Gasteiger partial charge on any atom is 0.230 e. The van der Waals surface area contributed by atoms with E-state index in [1.54, 1.807) is 19.9 Å². The molecule has 0 saturated carbocycles. The molecule has 0 bridgehead atoms. The van der Waals surface area contributed by atoms with Gasteiger partial charge in [0.15, 0.2) is 0 Å². The summed E-state index contributed by atoms with van der Waals surface area (Å²) in [4.78, 5) is 11.0. The minimum absolute atomic E-state index is 0.378. The molecule has 0 saturated heterocycles. The SMILES string of the molecule is Cc1ccc(C(C)(C)C(N)=O)o1. The number of furan rings is 1. The normalized spacial score (nSPS) is 11.6. The lowest BCUT2D eigenvalue weighted by molar-refractivity contribution is -0.122. The highest BCUT2D eigenvalue weighted by molar-refractivity contribution is 5.84. The molecule has 3 heteroatoms. The lowest BCUT2D eigenvalue weighted by Gasteiger charge is -2.16. The molecule has 0 fully saturated rings. The van der Waals surface area contributed by atoms with Gasteiger partial charge in [0.25, 0.3) is 0 Å². The van der Waals surface area contributed by atoms with Crippen molar-refractivity contribution in [1.82, 2.24) is 0 Å². The van der Waals surface area contributed by atoms with Crippen molar-refractivity contribution < 1.29 is 9.21 Å². The highest BCUT2D eigenvalue weighted by Gasteiger charge is 2.30. The van der Waals surface area contributed by atoms with Crippen LogP contribution in [-0.2, 0) is 10.2 Å². The van der Waals surface area contributed by atoms with Gasteiger partial charge in [0.1, 0.15) is 16.9 Å². The van der Waals surface area contributed by atoms with E-state index in [1.165, 1.54) is 0 Å². The fraction of sp³-hybridized carbons (Fsp3) is 0.444. The Bertz CT molecular complexity index is 299. The number of amides is 1. The number of hydrogen-bond donors (Lipinski definition) is 1. The van der Waals surface area contributed by atoms with E-state index in [2.05, 4.69) is 0 Å². The van der Waals surface area contributed by atoms with Gasteiger partial charge in [0.05, 0.1) is 0 Å². The minimum Gasteiger partial charge on any atom is -0.465 e. The molecule has 1 aromatic heterocycles. The summed E-state index contributed by atoms with van der Waals surface area (Å²) in [7, 11) is 0. The van der Waals surface area contributed by atoms with Crippen LogP contribution < -0.4 is 5.73 Å². The summed E-state index contributed by atoms with van der Waals surface area (Å²) in [6.07, 6.45) is 0. The van der Waals surface area contributed by atoms with Crippen LogP contribution in [0.4, 0.5) is 0 Å². The van der Waals surface area contributed by atoms with E-state index < -0.39 is 5.41 Å². The van der Waals surface area contributed by atoms with Crippen LogP contribution >= 0.6 is 0 Å². The number of hydrogen-bond acceptors (Lipinski definition) is 2. The first-order valence-corrected chi connectivity index (χ1v) is 3.81. The van der Waals surface area contributed by atoms with Crippen LogP contribution in [0.25, 0.3) is 0 Å². The zero-order chi connectivity index (χ0) is 9.35. The Hall–Kier alpha value is -1.25. The maximum absolute atomic E-state index is 11.0. The Morgan fingerprint density at radius 1 is 1.50 bits per heavy atom. The number of primary amides is 1. The van der Waals surface area contributed by atoms with Gasteiger partial charge >= 0.3 is 0 Å². The second-order valence-electron chi connectivity index (χ2n) is 3.40. The number of nitrogens with two attached hydrogens (primary N) is 1. The molecule has 2 N–H and O–H groups in total. The maximum atomic E-state index is 11.0. The van der Waals surface area contributed by atoms with Gasteiger partial charge in [-0.1, -0.05) is 0 Å². The molecule has 12 heavy (non-hydrogen) atoms. The molecular formula is C9H13NO2. The number of rotatable bonds is 2. The fourth-order valence-electron chi connectivity index (χ4n) is 0.892. The summed E-state index contributed by atoms with van der Waals surface area (Å²) in [6, 6.07) is 3.60. The third kappa shape index (κ3) is 1.35. The van der Waals surface area contributed by atoms with Crippen molar-refractivity contribution in [3.8, 4) is 0 Å². The van der Waals surface area contributed by atoms with Crippen molar-refractivity contribution >= 4 is 5.91 Å². The van der Waals surface area contributed by atoms with Crippen LogP contribution in [0.15, 0.2) is 16.5 Å². The fourth-order valence-corrected chi connectivity index (χ4v) is 0.892. The monoisotopic (exact) mass is 167 g/mol. The van der Waals surface area contributed by atoms with E-state index in [0.717, 1.165) is 5.76 Å². The molecule has 0 aliphatic rings. The Balaban J connectivity index is 3.05. The van der Waals surface area contributed by atoms with E-state index >= 15 is 0 Å². The van der Waals surface area contributed by atoms with Gasteiger partial charge < -0.3 is 10.2 Å². The summed E-state index contributed by atoms with van der Waals surface area (Å²) in [5.41, 5.74) is 4.50. The molecule has 0 aliphatic carbocycles. The quantitative estimate of drug-likeness (QED) is 0.722. The van der Waals surface area contributed by atoms with Crippen molar-refractivity contribution in [2.75, 3.05) is 0 Å². The number of aryl methyl sites for hydroxylation is 1. The van der Waals surface area contributed by atoms with Crippen LogP contribution in [-0.4, -0.2) is 5.91 Å². The standard InChI is InChI=1S/C9H13NO2/c1-6-4-5-7(12-6)9(2,3)8(10)11/h4-5H,1-3H3,(H2,10,11). The Kier molecular flexibility index (Phi) is 1.96. The average Bonchev–Trinajstić information content (AvgIpc) is 2.35. The molecule has 0 radical (unpaired) electrons. The Morgan fingerprint density at radius 3 is 2.42 bits per heavy atom. The summed E-state index contributed by atoms with van der Waals surface area (Å²) in [5, 5.41) is 0. The van der Waals surface area contributed by atoms with Crippen LogP contribution in [0, 0.1) is 6.92 Å². The van der Waals surface area contributed by atoms with E-state index in [0.29, 0.717) is 5.76 Å². The Labute approximate surface area is 71.6 Å². The van der Waals surface area contributed by atoms with Gasteiger partial charge in [0.2, 0.25) is 5.91 Å². The predicted octanol–water partition coefficient (Wildman–Crippen LogP) is 1.35. The van der Waals surface area contributed by atoms with E-state index in [4.69, 9.17) is 10.2 Å². The molecule has 0 spiro atoms. The highest BCUT2D eigenvalue weighted by atomic mass is 16.3. The second kappa shape index (κ2) is 2.66. The van der Waals surface area contributed by atoms with Crippen molar-refractivity contribution in [1.29, 1.82) is 0 Å². The van der Waals surface area contributed by atoms with Gasteiger partial charge in [-0.15, -0.1) is 0 Å². The van der Waals surface area contributed by atoms with E-state index in [1.807, 2.05) is 13.0 Å². The topological polar surface area (TPSA) is 56.2 Å². The Morgan fingerprint density at radius 2 is 2.08 bits per heavy atom. The first kappa shape index (κ1) is 8.84. The van der Waals surface area contributed by atoms with Crippen LogP contribution in [0.1, 0.15) is 25.4 Å². The van der Waals surface area contributed by atoms with Gasteiger partial charge in [0, 0.05) is 0 Å². The van der Waals surface area contributed by atoms with E-state index in [-0.39, 0.29) is 5.91 Å². The van der Waals surface area contributed by atoms with Gasteiger partial charge in [-0.25, -0.2) is 0 Å². The molecule has 66 valence electrons. The third-order valence-corrected chi connectivity index (χ3v) is 1.97. The smallest absolute Gasteiger partial charge is 0.230 e. The van der Waals surface area contributed by atoms with Crippen LogP contribution in [0.2, 0.25) is 0 Å². The van der Waals surface area contributed by atoms with Crippen molar-refractivity contribution in [3.05, 3.63) is 23.7 Å². The minimum atomic E-state index is -0.714. The summed E-state index contributed by atoms with van der Waals surface area (Å²) >= 11 is 0. The molecule has 0 atom stereocenters. The van der Waals surface area contributed by atoms with Crippen LogP contribution in [0.5, 0.6) is 0 Å². The van der Waals surface area contributed by atoms with Crippen LogP contribution in [0.3, 0.4) is 0 Å². The van der Waals surface area contributed by atoms with Gasteiger partial charge in [-0.05, 0) is 32.9 Å². The molecule has 1 aromatic rings. The largest absolute Gasteiger partial charge is 0.465 e. The lowest BCUT2D eigenvalue weighted by atomic mass is 9.90. The first-order valence-electron chi connectivity index (χ1n) is 3.81. The predicted molar refractivity (Wildman–Crippen MR) is 45.7 cm³/mol. The molecule has 1 heterocycles. The zero-order valence-electron chi connectivity index (χ0n) is 7.55. The summed E-state index contributed by atoms with van der Waals surface area (Å²) in [5.74, 6) is 1.03. The third-order valence-electron chi connectivity index (χ3n) is 1.97. The molecule has 0 aromatic carbocycles. The average molecular weight is 167 g/mol. The molecule has 1 amide bonds. The van der Waals surface area contributed by atoms with Crippen molar-refractivity contribution in [2.24, 2.45) is 5.73 Å². The molecule has 0 aliphatic heterocycles. The number of carbonyl (C=O) groups excluding carboxylic acids is 1. The van der Waals surface area contributed by atoms with Gasteiger partial charge in [-0.2, -0.15) is 0 Å². The highest BCUT2D eigenvalue weighted by Crippen LogP contribution is 2.24. The molecule has 0 unspecified atom stereocenters. The molecular weight excluding hydrogens is 154 g/mol. The molecule has 1 rings (SSSR count). The van der Waals surface area contributed by atoms with Crippen molar-refractivity contribution in [3.63, 3.8) is 0 Å². The summed E-state index contributed by atoms with van der Waals surface area (Å²) in [6.45, 7) is 5.32. The lowest BCUT2D eigenvalue weighted by Crippen LogP contribution is -2.35. The second-order valence-corrected chi connectivity index (χ2v) is 3.40. The summed E-state index contributed by atoms with van der Waals surface area (Å²) < 4.78 is 5.31. The first-order chi connectivity index (χ1) is 5.44. The molecule has 3 nitrogen and oxygen atoms in total. The van der Waals surface area contributed by atoms with Crippen molar-refractivity contribution in [2.45, 2.75) is 26.2 Å². The van der Waals surface area contributed by atoms with E-state index in [9.17, 15) is 4.79 Å². The van der Waals surface area contributed by atoms with Gasteiger partial charge in [-0.3, -0.25) is 4.79 Å². The number of carbonyl (C=O) groups is 1.